The van der Waals surface area contributed by atoms with Crippen molar-refractivity contribution in [1.82, 2.24) is 15.0 Å². The lowest BCUT2D eigenvalue weighted by Gasteiger charge is -2.16. The molecule has 0 aliphatic rings. The molecule has 2 aromatic rings. The van der Waals surface area contributed by atoms with Crippen LogP contribution in [-0.2, 0) is 0 Å². The second-order valence-corrected chi connectivity index (χ2v) is 5.69. The quantitative estimate of drug-likeness (QED) is 0.787. The van der Waals surface area contributed by atoms with E-state index in [0.717, 1.165) is 6.33 Å². The normalized spacial score (nSPS) is 12.3. The predicted octanol–water partition coefficient (Wildman–Crippen LogP) is 4.65. The first-order valence-corrected chi connectivity index (χ1v) is 7.52. The van der Waals surface area contributed by atoms with Gasteiger partial charge in [-0.15, -0.1) is 0 Å². The van der Waals surface area contributed by atoms with Gasteiger partial charge in [0.05, 0.1) is 11.6 Å². The Bertz CT molecular complexity index is 690. The maximum atomic E-state index is 12.7. The number of nitrogens with zero attached hydrogens (tertiary/aromatic N) is 3. The van der Waals surface area contributed by atoms with E-state index in [1.54, 1.807) is 6.92 Å². The minimum Gasteiger partial charge on any atom is -0.472 e. The number of anilines is 1. The van der Waals surface area contributed by atoms with Gasteiger partial charge in [-0.3, -0.25) is 0 Å². The summed E-state index contributed by atoms with van der Waals surface area (Å²) in [5, 5.41) is 3.25. The molecule has 2 rings (SSSR count). The van der Waals surface area contributed by atoms with E-state index in [1.807, 2.05) is 0 Å². The Morgan fingerprint density at radius 1 is 1.22 bits per heavy atom. The first kappa shape index (κ1) is 17.9. The van der Waals surface area contributed by atoms with Gasteiger partial charge in [0.2, 0.25) is 5.88 Å². The van der Waals surface area contributed by atoms with Crippen molar-refractivity contribution in [2.75, 3.05) is 11.9 Å². The number of hydrogen-bond acceptors (Lipinski definition) is 5. The highest BCUT2D eigenvalue weighted by atomic mass is 35.5. The molecule has 124 valence electrons. The van der Waals surface area contributed by atoms with Crippen LogP contribution in [0.25, 0.3) is 0 Å². The number of halogens is 5. The maximum Gasteiger partial charge on any atom is 0.282 e. The molecule has 2 aromatic heterocycles. The Morgan fingerprint density at radius 3 is 2.61 bits per heavy atom. The van der Waals surface area contributed by atoms with Crippen LogP contribution < -0.4 is 10.1 Å². The second kappa shape index (κ2) is 7.90. The van der Waals surface area contributed by atoms with Crippen molar-refractivity contribution in [2.24, 2.45) is 0 Å². The van der Waals surface area contributed by atoms with Crippen LogP contribution in [0.1, 0.15) is 19.0 Å². The zero-order valence-electron chi connectivity index (χ0n) is 11.7. The summed E-state index contributed by atoms with van der Waals surface area (Å²) in [6.07, 6.45) is -0.753. The maximum absolute atomic E-state index is 12.7. The number of rotatable bonds is 6. The van der Waals surface area contributed by atoms with E-state index in [1.165, 1.54) is 12.3 Å². The van der Waals surface area contributed by atoms with Crippen LogP contribution in [0, 0.1) is 0 Å². The molecular weight excluding hydrogens is 373 g/mol. The molecule has 2 heterocycles. The topological polar surface area (TPSA) is 59.9 Å². The van der Waals surface area contributed by atoms with Crippen LogP contribution >= 0.6 is 34.8 Å². The summed E-state index contributed by atoms with van der Waals surface area (Å²) < 4.78 is 31.0. The molecule has 10 heteroatoms. The summed E-state index contributed by atoms with van der Waals surface area (Å²) in [6.45, 7) is 1.97. The van der Waals surface area contributed by atoms with Crippen LogP contribution in [0.15, 0.2) is 18.6 Å². The molecule has 23 heavy (non-hydrogen) atoms. The van der Waals surface area contributed by atoms with Crippen molar-refractivity contribution >= 4 is 40.6 Å². The molecule has 0 amide bonds. The van der Waals surface area contributed by atoms with Gasteiger partial charge in [0, 0.05) is 6.20 Å². The second-order valence-electron chi connectivity index (χ2n) is 4.47. The van der Waals surface area contributed by atoms with E-state index in [-0.39, 0.29) is 34.4 Å². The van der Waals surface area contributed by atoms with Crippen molar-refractivity contribution in [3.8, 4) is 5.88 Å². The van der Waals surface area contributed by atoms with Gasteiger partial charge in [-0.25, -0.2) is 23.7 Å². The summed E-state index contributed by atoms with van der Waals surface area (Å²) >= 11 is 17.5. The fraction of sp³-hybridized carbons (Fsp3) is 0.308. The highest BCUT2D eigenvalue weighted by Crippen LogP contribution is 2.29. The Kier molecular flexibility index (Phi) is 6.15. The first-order chi connectivity index (χ1) is 10.9. The summed E-state index contributed by atoms with van der Waals surface area (Å²) in [6, 6.07) is 1.50. The van der Waals surface area contributed by atoms with Crippen LogP contribution in [0.3, 0.4) is 0 Å². The molecule has 0 spiro atoms. The van der Waals surface area contributed by atoms with Gasteiger partial charge in [0.15, 0.2) is 0 Å². The molecule has 0 saturated carbocycles. The lowest BCUT2D eigenvalue weighted by Crippen LogP contribution is -2.24. The molecule has 0 aliphatic carbocycles. The van der Waals surface area contributed by atoms with E-state index in [9.17, 15) is 8.78 Å². The lowest BCUT2D eigenvalue weighted by molar-refractivity contribution is 0.146. The van der Waals surface area contributed by atoms with Crippen LogP contribution in [0.5, 0.6) is 5.88 Å². The van der Waals surface area contributed by atoms with Gasteiger partial charge in [-0.2, -0.15) is 0 Å². The van der Waals surface area contributed by atoms with E-state index in [2.05, 4.69) is 20.3 Å². The molecule has 1 atom stereocenters. The summed E-state index contributed by atoms with van der Waals surface area (Å²) in [5.41, 5.74) is -0.528. The number of nitrogens with one attached hydrogen (secondary N) is 1. The smallest absolute Gasteiger partial charge is 0.282 e. The van der Waals surface area contributed by atoms with Gasteiger partial charge in [-0.05, 0) is 13.0 Å². The first-order valence-electron chi connectivity index (χ1n) is 6.38. The van der Waals surface area contributed by atoms with Crippen molar-refractivity contribution in [3.05, 3.63) is 39.4 Å². The molecule has 0 bridgehead atoms. The fourth-order valence-electron chi connectivity index (χ4n) is 1.62. The zero-order chi connectivity index (χ0) is 17.0. The zero-order valence-corrected chi connectivity index (χ0v) is 14.0. The fourth-order valence-corrected chi connectivity index (χ4v) is 2.29. The third-order valence-electron chi connectivity index (χ3n) is 2.67. The van der Waals surface area contributed by atoms with Crippen molar-refractivity contribution in [1.29, 1.82) is 0 Å². The van der Waals surface area contributed by atoms with Crippen molar-refractivity contribution in [2.45, 2.75) is 19.5 Å². The third-order valence-corrected chi connectivity index (χ3v) is 3.52. The summed E-state index contributed by atoms with van der Waals surface area (Å²) in [4.78, 5) is 11.2. The monoisotopic (exact) mass is 382 g/mol. The van der Waals surface area contributed by atoms with E-state index in [0.29, 0.717) is 5.02 Å². The molecule has 1 N–H and O–H groups in total. The Hall–Kier alpha value is -1.44. The van der Waals surface area contributed by atoms with E-state index in [4.69, 9.17) is 39.5 Å². The Labute approximate surface area is 146 Å². The number of aromatic nitrogens is 3. The largest absolute Gasteiger partial charge is 0.472 e. The van der Waals surface area contributed by atoms with Crippen LogP contribution in [0.4, 0.5) is 14.6 Å². The van der Waals surface area contributed by atoms with Gasteiger partial charge < -0.3 is 10.1 Å². The number of hydrogen-bond donors (Lipinski definition) is 1. The summed E-state index contributed by atoms with van der Waals surface area (Å²) in [7, 11) is 0. The third kappa shape index (κ3) is 4.76. The molecular formula is C13H11Cl3F2N4O. The molecule has 0 aromatic carbocycles. The standard InChI is InChI=1S/C13H11Cl3F2N4O/c1-6(23-13-8(15)2-7(14)4-20-13)3-19-12-9(16)10(11(17)18)21-5-22-12/h2,4-6,11H,3H2,1H3,(H,19,21,22). The van der Waals surface area contributed by atoms with Crippen LogP contribution in [0.2, 0.25) is 15.1 Å². The average Bonchev–Trinajstić information content (AvgIpc) is 2.49. The SMILES string of the molecule is CC(CNc1ncnc(C(F)F)c1Cl)Oc1ncc(Cl)cc1Cl. The Morgan fingerprint density at radius 2 is 1.96 bits per heavy atom. The predicted molar refractivity (Wildman–Crippen MR) is 84.8 cm³/mol. The van der Waals surface area contributed by atoms with Gasteiger partial charge in [-0.1, -0.05) is 34.8 Å². The van der Waals surface area contributed by atoms with Crippen molar-refractivity contribution in [3.63, 3.8) is 0 Å². The molecule has 0 aliphatic heterocycles. The lowest BCUT2D eigenvalue weighted by atomic mass is 10.3. The molecule has 1 unspecified atom stereocenters. The average molecular weight is 384 g/mol. The van der Waals surface area contributed by atoms with Gasteiger partial charge in [0.25, 0.3) is 6.43 Å². The van der Waals surface area contributed by atoms with Crippen LogP contribution in [-0.4, -0.2) is 27.6 Å². The minimum atomic E-state index is -2.78. The minimum absolute atomic E-state index is 0.0996. The molecule has 0 fully saturated rings. The van der Waals surface area contributed by atoms with E-state index < -0.39 is 12.1 Å². The van der Waals surface area contributed by atoms with Gasteiger partial charge >= 0.3 is 0 Å². The molecule has 5 nitrogen and oxygen atoms in total. The van der Waals surface area contributed by atoms with Gasteiger partial charge in [0.1, 0.15) is 34.0 Å². The molecule has 0 radical (unpaired) electrons. The van der Waals surface area contributed by atoms with Crippen molar-refractivity contribution < 1.29 is 13.5 Å². The number of ether oxygens (including phenoxy) is 1. The highest BCUT2D eigenvalue weighted by molar-refractivity contribution is 6.35. The highest BCUT2D eigenvalue weighted by Gasteiger charge is 2.18. The molecule has 0 saturated heterocycles. The Balaban J connectivity index is 1.99. The number of pyridine rings is 1. The summed E-state index contributed by atoms with van der Waals surface area (Å²) in [5.74, 6) is 0.315. The number of alkyl halides is 2. The van der Waals surface area contributed by atoms with E-state index >= 15 is 0 Å².